The number of hydrogen-bond donors (Lipinski definition) is 6. The smallest absolute Gasteiger partial charge is 0.459 e. The van der Waals surface area contributed by atoms with Crippen LogP contribution in [0, 0.1) is 0 Å². The topological polar surface area (TPSA) is 149 Å². The van der Waals surface area contributed by atoms with Gasteiger partial charge in [-0.2, -0.15) is 13.2 Å². The summed E-state index contributed by atoms with van der Waals surface area (Å²) in [7, 11) is 0. The Kier molecular flexibility index (Phi) is 40.2. The number of hydrogen-bond acceptors (Lipinski definition) is 10. The first-order valence-corrected chi connectivity index (χ1v) is 24.3. The van der Waals surface area contributed by atoms with Gasteiger partial charge < -0.3 is 46.9 Å². The first-order chi connectivity index (χ1) is 28.4. The van der Waals surface area contributed by atoms with Crippen LogP contribution in [0.4, 0.5) is 13.2 Å². The van der Waals surface area contributed by atoms with Gasteiger partial charge in [0.2, 0.25) is 0 Å². The van der Waals surface area contributed by atoms with E-state index in [0.717, 1.165) is 84.2 Å². The molecule has 0 aromatic heterocycles. The normalized spacial score (nSPS) is 14.3. The second-order valence-electron chi connectivity index (χ2n) is 17.5. The number of aliphatic hydroxyl groups is 2. The van der Waals surface area contributed by atoms with E-state index in [0.29, 0.717) is 32.6 Å². The predicted octanol–water partition coefficient (Wildman–Crippen LogP) is 8.45. The lowest BCUT2D eigenvalue weighted by atomic mass is 10.0. The number of unbranched alkanes of at least 4 members (excludes halogenated alkanes) is 23. The molecule has 59 heavy (non-hydrogen) atoms. The van der Waals surface area contributed by atoms with Crippen LogP contribution in [-0.4, -0.2) is 129 Å². The van der Waals surface area contributed by atoms with Gasteiger partial charge in [0.05, 0.1) is 18.8 Å². The lowest BCUT2D eigenvalue weighted by molar-refractivity contribution is -0.199. The molecule has 8 N–H and O–H groups in total. The van der Waals surface area contributed by atoms with E-state index in [1.54, 1.807) is 6.92 Å². The molecule has 0 aromatic rings. The van der Waals surface area contributed by atoms with E-state index < -0.39 is 24.4 Å². The van der Waals surface area contributed by atoms with Crippen molar-refractivity contribution < 1.29 is 32.9 Å². The Bertz CT molecular complexity index is 905. The summed E-state index contributed by atoms with van der Waals surface area (Å²) in [4.78, 5) is 15.9. The lowest BCUT2D eigenvalue weighted by Gasteiger charge is -2.30. The van der Waals surface area contributed by atoms with Gasteiger partial charge in [-0.1, -0.05) is 142 Å². The van der Waals surface area contributed by atoms with Crippen molar-refractivity contribution >= 4 is 5.97 Å². The fourth-order valence-corrected chi connectivity index (χ4v) is 7.63. The third kappa shape index (κ3) is 39.5. The highest BCUT2D eigenvalue weighted by molar-refractivity contribution is 5.75. The molecule has 0 bridgehead atoms. The summed E-state index contributed by atoms with van der Waals surface area (Å²) in [5.74, 6) is -2.10. The van der Waals surface area contributed by atoms with Gasteiger partial charge in [-0.25, -0.2) is 4.79 Å². The summed E-state index contributed by atoms with van der Waals surface area (Å²) in [6, 6.07) is 0.308. The molecule has 0 aliphatic heterocycles. The van der Waals surface area contributed by atoms with Crippen molar-refractivity contribution in [1.82, 2.24) is 20.4 Å². The molecule has 0 amide bonds. The minimum Gasteiger partial charge on any atom is -0.459 e. The molecule has 0 saturated heterocycles. The van der Waals surface area contributed by atoms with Crippen molar-refractivity contribution in [3.8, 4) is 0 Å². The fraction of sp³-hybridized carbons (Fsp3) is 0.978. The molecule has 10 nitrogen and oxygen atoms in total. The highest BCUT2D eigenvalue weighted by atomic mass is 19.4. The molecule has 0 aliphatic rings. The third-order valence-electron chi connectivity index (χ3n) is 11.3. The van der Waals surface area contributed by atoms with Crippen LogP contribution in [0.15, 0.2) is 0 Å². The third-order valence-corrected chi connectivity index (χ3v) is 11.3. The number of nitrogens with two attached hydrogens (primary N) is 2. The maximum Gasteiger partial charge on any atom is 0.490 e. The molecule has 4 atom stereocenters. The second-order valence-corrected chi connectivity index (χ2v) is 17.5. The number of carbonyl (C=O) groups excluding carboxylic acids is 1. The van der Waals surface area contributed by atoms with E-state index >= 15 is 0 Å². The molecule has 13 heteroatoms. The van der Waals surface area contributed by atoms with Crippen molar-refractivity contribution in [2.45, 2.75) is 218 Å². The summed E-state index contributed by atoms with van der Waals surface area (Å²) in [5.41, 5.74) is 12.3. The Hall–Kier alpha value is -1.06. The zero-order valence-electron chi connectivity index (χ0n) is 38.4. The van der Waals surface area contributed by atoms with Crippen molar-refractivity contribution in [3.63, 3.8) is 0 Å². The molecule has 0 saturated carbocycles. The summed E-state index contributed by atoms with van der Waals surface area (Å²) in [5, 5.41) is 26.6. The van der Waals surface area contributed by atoms with E-state index in [-0.39, 0.29) is 18.7 Å². The van der Waals surface area contributed by atoms with Gasteiger partial charge in [0.15, 0.2) is 0 Å². The number of ether oxygens (including phenoxy) is 1. The van der Waals surface area contributed by atoms with Crippen molar-refractivity contribution in [2.24, 2.45) is 11.5 Å². The summed E-state index contributed by atoms with van der Waals surface area (Å²) in [6.45, 7) is 13.9. The number of nitrogens with zero attached hydrogens (tertiary/aromatic N) is 2. The number of aliphatic hydroxyl groups excluding tert-OH is 2. The highest BCUT2D eigenvalue weighted by Gasteiger charge is 2.40. The lowest BCUT2D eigenvalue weighted by Crippen LogP contribution is -2.48. The predicted molar refractivity (Wildman–Crippen MR) is 241 cm³/mol. The molecule has 0 fully saturated rings. The van der Waals surface area contributed by atoms with E-state index in [2.05, 4.69) is 32.1 Å². The van der Waals surface area contributed by atoms with Crippen LogP contribution in [0.1, 0.15) is 188 Å². The monoisotopic (exact) mass is 853 g/mol. The Balaban J connectivity index is 4.65. The average molecular weight is 853 g/mol. The Morgan fingerprint density at radius 3 is 1.12 bits per heavy atom. The molecule has 0 aromatic carbocycles. The van der Waals surface area contributed by atoms with E-state index in [9.17, 15) is 28.2 Å². The van der Waals surface area contributed by atoms with E-state index in [1.165, 1.54) is 116 Å². The second kappa shape index (κ2) is 41.0. The van der Waals surface area contributed by atoms with Crippen LogP contribution in [0.25, 0.3) is 0 Å². The number of esters is 1. The van der Waals surface area contributed by atoms with Gasteiger partial charge in [-0.05, 0) is 72.1 Å². The van der Waals surface area contributed by atoms with Crippen molar-refractivity contribution in [2.75, 3.05) is 72.1 Å². The SMILES string of the molecule is CCCCCCCCCCCCCCN(CCCCN(CCCCCCCCCCCCCCOC(=O)C(F)(F)F)CC(CN)NCC(C)O)CC(CN)NCC(C)O. The number of rotatable bonds is 45. The minimum atomic E-state index is -4.91. The van der Waals surface area contributed by atoms with Gasteiger partial charge in [-0.15, -0.1) is 0 Å². The maximum atomic E-state index is 12.2. The zero-order valence-corrected chi connectivity index (χ0v) is 38.4. The molecular weight excluding hydrogens is 758 g/mol. The molecule has 4 unspecified atom stereocenters. The van der Waals surface area contributed by atoms with Crippen LogP contribution >= 0.6 is 0 Å². The van der Waals surface area contributed by atoms with E-state index in [4.69, 9.17) is 11.5 Å². The first kappa shape index (κ1) is 57.9. The molecule has 354 valence electrons. The Labute approximate surface area is 360 Å². The van der Waals surface area contributed by atoms with Gasteiger partial charge >= 0.3 is 12.1 Å². The molecular formula is C46H95F3N6O4. The molecule has 0 aliphatic carbocycles. The van der Waals surface area contributed by atoms with Crippen LogP contribution < -0.4 is 22.1 Å². The van der Waals surface area contributed by atoms with Crippen LogP contribution in [0.5, 0.6) is 0 Å². The Morgan fingerprint density at radius 2 is 0.831 bits per heavy atom. The summed E-state index contributed by atoms with van der Waals surface area (Å²) in [6.07, 6.45) is 25.5. The molecule has 0 heterocycles. The molecule has 0 radical (unpaired) electrons. The van der Waals surface area contributed by atoms with E-state index in [1.807, 2.05) is 6.92 Å². The maximum absolute atomic E-state index is 12.2. The number of alkyl halides is 3. The van der Waals surface area contributed by atoms with Crippen molar-refractivity contribution in [1.29, 1.82) is 0 Å². The van der Waals surface area contributed by atoms with Gasteiger partial charge in [0.1, 0.15) is 0 Å². The first-order valence-electron chi connectivity index (χ1n) is 24.3. The van der Waals surface area contributed by atoms with Gasteiger partial charge in [0.25, 0.3) is 0 Å². The zero-order chi connectivity index (χ0) is 43.8. The Morgan fingerprint density at radius 1 is 0.542 bits per heavy atom. The van der Waals surface area contributed by atoms with Crippen molar-refractivity contribution in [3.05, 3.63) is 0 Å². The average Bonchev–Trinajstić information content (AvgIpc) is 3.20. The highest BCUT2D eigenvalue weighted by Crippen LogP contribution is 2.18. The van der Waals surface area contributed by atoms with Gasteiger partial charge in [-0.3, -0.25) is 0 Å². The molecule has 0 spiro atoms. The largest absolute Gasteiger partial charge is 0.490 e. The standard InChI is InChI=1S/C46H95F3N6O4/c1-4-5-6-7-8-9-10-13-16-19-22-25-30-54(39-43(35-50)52-37-41(2)56)32-27-28-33-55(40-44(36-51)53-38-42(3)57)31-26-23-20-17-14-11-12-15-18-21-24-29-34-59-45(58)46(47,48)49/h41-44,52-53,56-57H,4-40,50-51H2,1-3H3. The van der Waals surface area contributed by atoms with Gasteiger partial charge in [0, 0.05) is 51.4 Å². The minimum absolute atomic E-state index is 0.143. The molecule has 0 rings (SSSR count). The van der Waals surface area contributed by atoms with Crippen LogP contribution in [0.2, 0.25) is 0 Å². The summed E-state index contributed by atoms with van der Waals surface area (Å²) >= 11 is 0. The number of carbonyl (C=O) groups is 1. The van der Waals surface area contributed by atoms with Crippen LogP contribution in [0.3, 0.4) is 0 Å². The summed E-state index contributed by atoms with van der Waals surface area (Å²) < 4.78 is 40.8. The fourth-order valence-electron chi connectivity index (χ4n) is 7.63. The number of halogens is 3. The quantitative estimate of drug-likeness (QED) is 0.0260. The number of nitrogens with one attached hydrogen (secondary N) is 2. The van der Waals surface area contributed by atoms with Crippen LogP contribution in [-0.2, 0) is 9.53 Å².